The zero-order valence-electron chi connectivity index (χ0n) is 7.41. The zero-order valence-corrected chi connectivity index (χ0v) is 9.75. The molecule has 0 N–H and O–H groups in total. The van der Waals surface area contributed by atoms with Crippen LogP contribution in [0.4, 0.5) is 0 Å². The van der Waals surface area contributed by atoms with Gasteiger partial charge in [-0.1, -0.05) is 11.6 Å². The lowest BCUT2D eigenvalue weighted by Crippen LogP contribution is -1.98. The molecule has 0 saturated carbocycles. The van der Waals surface area contributed by atoms with Crippen LogP contribution in [0.1, 0.15) is 5.69 Å². The molecule has 0 atom stereocenters. The fourth-order valence-electron chi connectivity index (χ4n) is 1.09. The van der Waals surface area contributed by atoms with E-state index >= 15 is 0 Å². The van der Waals surface area contributed by atoms with Gasteiger partial charge in [-0.25, -0.2) is 9.67 Å². The van der Waals surface area contributed by atoms with Gasteiger partial charge in [0, 0.05) is 6.20 Å². The average molecular weight is 273 g/mol. The Balaban J connectivity index is 2.55. The van der Waals surface area contributed by atoms with E-state index in [0.29, 0.717) is 5.02 Å². The molecule has 0 bridgehead atoms. The number of nitrogens with zero attached hydrogens (tertiary/aromatic N) is 3. The minimum atomic E-state index is 0.641. The molecule has 3 nitrogen and oxygen atoms in total. The van der Waals surface area contributed by atoms with Gasteiger partial charge in [0.15, 0.2) is 5.82 Å². The number of aryl methyl sites for hydroxylation is 1. The predicted molar refractivity (Wildman–Crippen MR) is 58.8 cm³/mol. The average Bonchev–Trinajstić information content (AvgIpc) is 2.48. The zero-order chi connectivity index (χ0) is 10.1. The van der Waals surface area contributed by atoms with Crippen LogP contribution in [-0.4, -0.2) is 14.8 Å². The van der Waals surface area contributed by atoms with Gasteiger partial charge in [-0.3, -0.25) is 0 Å². The highest BCUT2D eigenvalue weighted by molar-refractivity contribution is 9.10. The third-order valence-corrected chi connectivity index (χ3v) is 2.79. The Kier molecular flexibility index (Phi) is 2.56. The quantitative estimate of drug-likeness (QED) is 0.799. The van der Waals surface area contributed by atoms with Crippen molar-refractivity contribution in [2.45, 2.75) is 6.92 Å². The Hall–Kier alpha value is -0.870. The van der Waals surface area contributed by atoms with Gasteiger partial charge >= 0.3 is 0 Å². The summed E-state index contributed by atoms with van der Waals surface area (Å²) >= 11 is 9.31. The molecule has 14 heavy (non-hydrogen) atoms. The van der Waals surface area contributed by atoms with Crippen molar-refractivity contribution in [3.63, 3.8) is 0 Å². The van der Waals surface area contributed by atoms with Crippen molar-refractivity contribution in [2.24, 2.45) is 0 Å². The number of halogens is 2. The Labute approximate surface area is 94.9 Å². The summed E-state index contributed by atoms with van der Waals surface area (Å²) in [4.78, 5) is 4.20. The fourth-order valence-corrected chi connectivity index (χ4v) is 1.66. The molecule has 0 fully saturated rings. The summed E-state index contributed by atoms with van der Waals surface area (Å²) in [5.74, 6) is 0.738. The van der Waals surface area contributed by atoms with Gasteiger partial charge in [0.1, 0.15) is 0 Å². The number of rotatable bonds is 1. The Morgan fingerprint density at radius 3 is 2.86 bits per heavy atom. The SMILES string of the molecule is Cc1nn(-c2ncccc2Br)cc1Cl. The molecule has 2 heterocycles. The van der Waals surface area contributed by atoms with Crippen LogP contribution in [0.15, 0.2) is 29.0 Å². The maximum absolute atomic E-state index is 5.91. The first-order valence-electron chi connectivity index (χ1n) is 4.01. The highest BCUT2D eigenvalue weighted by Crippen LogP contribution is 2.20. The lowest BCUT2D eigenvalue weighted by atomic mass is 10.5. The van der Waals surface area contributed by atoms with E-state index in [1.165, 1.54) is 0 Å². The van der Waals surface area contributed by atoms with Crippen molar-refractivity contribution < 1.29 is 0 Å². The highest BCUT2D eigenvalue weighted by atomic mass is 79.9. The Morgan fingerprint density at radius 2 is 2.29 bits per heavy atom. The van der Waals surface area contributed by atoms with Crippen LogP contribution in [0.2, 0.25) is 5.02 Å². The first-order valence-corrected chi connectivity index (χ1v) is 5.18. The van der Waals surface area contributed by atoms with Crippen LogP contribution >= 0.6 is 27.5 Å². The van der Waals surface area contributed by atoms with Gasteiger partial charge < -0.3 is 0 Å². The van der Waals surface area contributed by atoms with E-state index in [-0.39, 0.29) is 0 Å². The molecule has 2 rings (SSSR count). The van der Waals surface area contributed by atoms with E-state index in [4.69, 9.17) is 11.6 Å². The van der Waals surface area contributed by atoms with Crippen LogP contribution in [-0.2, 0) is 0 Å². The largest absolute Gasteiger partial charge is 0.236 e. The summed E-state index contributed by atoms with van der Waals surface area (Å²) in [6, 6.07) is 3.76. The first-order chi connectivity index (χ1) is 6.68. The summed E-state index contributed by atoms with van der Waals surface area (Å²) in [7, 11) is 0. The number of aromatic nitrogens is 3. The smallest absolute Gasteiger partial charge is 0.167 e. The predicted octanol–water partition coefficient (Wildman–Crippen LogP) is 2.99. The first kappa shape index (κ1) is 9.68. The standard InChI is InChI=1S/C9H7BrClN3/c1-6-8(11)5-14(13-6)9-7(10)3-2-4-12-9/h2-5H,1H3. The summed E-state index contributed by atoms with van der Waals surface area (Å²) in [6.45, 7) is 1.86. The van der Waals surface area contributed by atoms with E-state index in [1.807, 2.05) is 19.1 Å². The maximum atomic E-state index is 5.91. The lowest BCUT2D eigenvalue weighted by molar-refractivity contribution is 0.827. The summed E-state index contributed by atoms with van der Waals surface area (Å²) in [5, 5.41) is 4.87. The van der Waals surface area contributed by atoms with Crippen molar-refractivity contribution in [3.05, 3.63) is 39.7 Å². The van der Waals surface area contributed by atoms with Crippen LogP contribution in [0, 0.1) is 6.92 Å². The third-order valence-electron chi connectivity index (χ3n) is 1.80. The monoisotopic (exact) mass is 271 g/mol. The Morgan fingerprint density at radius 1 is 1.50 bits per heavy atom. The molecule has 2 aromatic rings. The van der Waals surface area contributed by atoms with Crippen molar-refractivity contribution in [3.8, 4) is 5.82 Å². The minimum absolute atomic E-state index is 0.641. The molecule has 0 saturated heterocycles. The topological polar surface area (TPSA) is 30.7 Å². The second-order valence-electron chi connectivity index (χ2n) is 2.82. The molecule has 0 aliphatic heterocycles. The molecule has 0 unspecified atom stereocenters. The van der Waals surface area contributed by atoms with E-state index in [0.717, 1.165) is 16.0 Å². The van der Waals surface area contributed by atoms with Gasteiger partial charge in [-0.05, 0) is 35.0 Å². The van der Waals surface area contributed by atoms with E-state index in [9.17, 15) is 0 Å². The second kappa shape index (κ2) is 3.71. The van der Waals surface area contributed by atoms with Gasteiger partial charge in [-0.2, -0.15) is 5.10 Å². The molecule has 0 aliphatic rings. The molecule has 0 aliphatic carbocycles. The van der Waals surface area contributed by atoms with Gasteiger partial charge in [0.25, 0.3) is 0 Å². The van der Waals surface area contributed by atoms with Crippen molar-refractivity contribution in [2.75, 3.05) is 0 Å². The van der Waals surface area contributed by atoms with Gasteiger partial charge in [-0.15, -0.1) is 0 Å². The summed E-state index contributed by atoms with van der Waals surface area (Å²) < 4.78 is 2.54. The third kappa shape index (κ3) is 1.67. The number of hydrogen-bond donors (Lipinski definition) is 0. The molecule has 0 spiro atoms. The lowest BCUT2D eigenvalue weighted by Gasteiger charge is -2.01. The molecular formula is C9H7BrClN3. The summed E-state index contributed by atoms with van der Waals surface area (Å²) in [6.07, 6.45) is 3.45. The number of pyridine rings is 1. The van der Waals surface area contributed by atoms with Crippen LogP contribution in [0.3, 0.4) is 0 Å². The molecule has 5 heteroatoms. The number of hydrogen-bond acceptors (Lipinski definition) is 2. The van der Waals surface area contributed by atoms with E-state index in [1.54, 1.807) is 17.1 Å². The molecule has 2 aromatic heterocycles. The molecule has 0 aromatic carbocycles. The maximum Gasteiger partial charge on any atom is 0.167 e. The highest BCUT2D eigenvalue weighted by Gasteiger charge is 2.07. The van der Waals surface area contributed by atoms with Crippen molar-refractivity contribution in [1.29, 1.82) is 0 Å². The van der Waals surface area contributed by atoms with E-state index in [2.05, 4.69) is 26.0 Å². The van der Waals surface area contributed by atoms with Crippen molar-refractivity contribution >= 4 is 27.5 Å². The molecular weight excluding hydrogens is 265 g/mol. The normalized spacial score (nSPS) is 10.5. The van der Waals surface area contributed by atoms with Crippen LogP contribution < -0.4 is 0 Å². The fraction of sp³-hybridized carbons (Fsp3) is 0.111. The Bertz CT molecular complexity index is 447. The molecule has 0 amide bonds. The second-order valence-corrected chi connectivity index (χ2v) is 4.08. The van der Waals surface area contributed by atoms with Gasteiger partial charge in [0.05, 0.1) is 21.4 Å². The van der Waals surface area contributed by atoms with E-state index < -0.39 is 0 Å². The molecule has 72 valence electrons. The van der Waals surface area contributed by atoms with Crippen LogP contribution in [0.25, 0.3) is 5.82 Å². The van der Waals surface area contributed by atoms with Gasteiger partial charge in [0.2, 0.25) is 0 Å². The molecule has 0 radical (unpaired) electrons. The van der Waals surface area contributed by atoms with Crippen molar-refractivity contribution in [1.82, 2.24) is 14.8 Å². The minimum Gasteiger partial charge on any atom is -0.236 e. The summed E-state index contributed by atoms with van der Waals surface area (Å²) in [5.41, 5.74) is 0.796. The van der Waals surface area contributed by atoms with Crippen LogP contribution in [0.5, 0.6) is 0 Å².